The molecule has 0 saturated carbocycles. The standard InChI is InChI=1S/C19H16N4O2/c1-12(2)13-5-3-7-15-16(13)19(24)25-18(22-15)14-6-4-8-21-17(14)23-10-9-20-11-23/h3-12H,1-2H3. The first-order chi connectivity index (χ1) is 12.1. The summed E-state index contributed by atoms with van der Waals surface area (Å²) < 4.78 is 7.32. The Hall–Kier alpha value is -3.28. The first-order valence-corrected chi connectivity index (χ1v) is 8.02. The van der Waals surface area contributed by atoms with E-state index in [1.807, 2.05) is 38.1 Å². The van der Waals surface area contributed by atoms with Gasteiger partial charge in [0.05, 0.1) is 16.5 Å². The van der Waals surface area contributed by atoms with Crippen LogP contribution in [0.15, 0.2) is 64.5 Å². The molecule has 0 bridgehead atoms. The summed E-state index contributed by atoms with van der Waals surface area (Å²) in [4.78, 5) is 25.6. The molecule has 0 atom stereocenters. The maximum absolute atomic E-state index is 12.6. The van der Waals surface area contributed by atoms with Gasteiger partial charge < -0.3 is 4.42 Å². The number of aromatic nitrogens is 4. The monoisotopic (exact) mass is 332 g/mol. The lowest BCUT2D eigenvalue weighted by Gasteiger charge is -2.10. The van der Waals surface area contributed by atoms with Crippen molar-refractivity contribution in [2.45, 2.75) is 19.8 Å². The molecule has 0 radical (unpaired) electrons. The normalized spacial score (nSPS) is 11.3. The number of imidazole rings is 1. The summed E-state index contributed by atoms with van der Waals surface area (Å²) in [6, 6.07) is 9.28. The van der Waals surface area contributed by atoms with Gasteiger partial charge in [-0.1, -0.05) is 26.0 Å². The Morgan fingerprint density at radius 2 is 2.00 bits per heavy atom. The van der Waals surface area contributed by atoms with Gasteiger partial charge in [-0.05, 0) is 29.7 Å². The fourth-order valence-corrected chi connectivity index (χ4v) is 2.89. The van der Waals surface area contributed by atoms with Crippen LogP contribution in [-0.2, 0) is 0 Å². The second-order valence-electron chi connectivity index (χ2n) is 6.05. The molecule has 3 heterocycles. The van der Waals surface area contributed by atoms with Gasteiger partial charge >= 0.3 is 5.63 Å². The van der Waals surface area contributed by atoms with Gasteiger partial charge in [0.2, 0.25) is 5.89 Å². The predicted octanol–water partition coefficient (Wildman–Crippen LogP) is 3.56. The lowest BCUT2D eigenvalue weighted by atomic mass is 9.99. The first kappa shape index (κ1) is 15.3. The third kappa shape index (κ3) is 2.61. The fourth-order valence-electron chi connectivity index (χ4n) is 2.89. The fraction of sp³-hybridized carbons (Fsp3) is 0.158. The minimum absolute atomic E-state index is 0.208. The maximum Gasteiger partial charge on any atom is 0.347 e. The third-order valence-electron chi connectivity index (χ3n) is 4.08. The molecule has 0 amide bonds. The van der Waals surface area contributed by atoms with E-state index in [4.69, 9.17) is 4.42 Å². The number of nitrogens with zero attached hydrogens (tertiary/aromatic N) is 4. The zero-order valence-electron chi connectivity index (χ0n) is 13.9. The van der Waals surface area contributed by atoms with Crippen LogP contribution >= 0.6 is 0 Å². The lowest BCUT2D eigenvalue weighted by molar-refractivity contribution is 0.517. The van der Waals surface area contributed by atoms with Crippen molar-refractivity contribution in [1.82, 2.24) is 19.5 Å². The maximum atomic E-state index is 12.6. The van der Waals surface area contributed by atoms with Gasteiger partial charge in [0, 0.05) is 18.6 Å². The van der Waals surface area contributed by atoms with Crippen molar-refractivity contribution in [2.24, 2.45) is 0 Å². The Balaban J connectivity index is 1.97. The van der Waals surface area contributed by atoms with E-state index in [9.17, 15) is 4.79 Å². The molecule has 0 saturated heterocycles. The highest BCUT2D eigenvalue weighted by Crippen LogP contribution is 2.26. The molecule has 0 aliphatic heterocycles. The minimum atomic E-state index is -0.385. The van der Waals surface area contributed by atoms with Crippen LogP contribution in [0.1, 0.15) is 25.3 Å². The van der Waals surface area contributed by atoms with Gasteiger partial charge in [0.25, 0.3) is 0 Å². The van der Waals surface area contributed by atoms with Crippen molar-refractivity contribution in [2.75, 3.05) is 0 Å². The highest BCUT2D eigenvalue weighted by molar-refractivity contribution is 5.83. The molecule has 4 aromatic rings. The van der Waals surface area contributed by atoms with Crippen LogP contribution in [0.4, 0.5) is 0 Å². The molecule has 1 aromatic carbocycles. The molecule has 124 valence electrons. The molecule has 25 heavy (non-hydrogen) atoms. The third-order valence-corrected chi connectivity index (χ3v) is 4.08. The lowest BCUT2D eigenvalue weighted by Crippen LogP contribution is -2.08. The summed E-state index contributed by atoms with van der Waals surface area (Å²) in [5.41, 5.74) is 1.81. The molecule has 0 spiro atoms. The predicted molar refractivity (Wildman–Crippen MR) is 94.7 cm³/mol. The van der Waals surface area contributed by atoms with Gasteiger partial charge in [0.15, 0.2) is 5.82 Å². The molecular weight excluding hydrogens is 316 g/mol. The Labute approximate surface area is 143 Å². The van der Waals surface area contributed by atoms with Crippen LogP contribution in [0, 0.1) is 0 Å². The van der Waals surface area contributed by atoms with E-state index in [-0.39, 0.29) is 17.4 Å². The summed E-state index contributed by atoms with van der Waals surface area (Å²) in [5.74, 6) is 1.06. The zero-order chi connectivity index (χ0) is 17.4. The summed E-state index contributed by atoms with van der Waals surface area (Å²) in [6.45, 7) is 4.08. The highest BCUT2D eigenvalue weighted by atomic mass is 16.4. The second kappa shape index (κ2) is 5.98. The molecule has 0 fully saturated rings. The second-order valence-corrected chi connectivity index (χ2v) is 6.05. The molecule has 6 nitrogen and oxygen atoms in total. The van der Waals surface area contributed by atoms with Gasteiger partial charge in [-0.3, -0.25) is 4.57 Å². The number of hydrogen-bond acceptors (Lipinski definition) is 5. The van der Waals surface area contributed by atoms with Crippen LogP contribution in [0.2, 0.25) is 0 Å². The van der Waals surface area contributed by atoms with E-state index in [0.717, 1.165) is 5.56 Å². The van der Waals surface area contributed by atoms with E-state index < -0.39 is 0 Å². The van der Waals surface area contributed by atoms with E-state index in [2.05, 4.69) is 15.0 Å². The smallest absolute Gasteiger partial charge is 0.347 e. The van der Waals surface area contributed by atoms with Gasteiger partial charge in [0.1, 0.15) is 6.33 Å². The number of rotatable bonds is 3. The van der Waals surface area contributed by atoms with Crippen LogP contribution in [-0.4, -0.2) is 19.5 Å². The van der Waals surface area contributed by atoms with E-state index in [0.29, 0.717) is 22.3 Å². The topological polar surface area (TPSA) is 73.8 Å². The van der Waals surface area contributed by atoms with Crippen molar-refractivity contribution in [3.8, 4) is 17.3 Å². The number of fused-ring (bicyclic) bond motifs is 1. The molecule has 0 N–H and O–H groups in total. The van der Waals surface area contributed by atoms with E-state index >= 15 is 0 Å². The van der Waals surface area contributed by atoms with Gasteiger partial charge in [-0.2, -0.15) is 0 Å². The zero-order valence-corrected chi connectivity index (χ0v) is 13.9. The molecule has 6 heteroatoms. The molecule has 0 aliphatic rings. The van der Waals surface area contributed by atoms with Crippen molar-refractivity contribution in [3.05, 3.63) is 71.2 Å². The van der Waals surface area contributed by atoms with Gasteiger partial charge in [-0.25, -0.2) is 19.7 Å². The summed E-state index contributed by atoms with van der Waals surface area (Å²) in [5, 5.41) is 0.536. The minimum Gasteiger partial charge on any atom is -0.403 e. The quantitative estimate of drug-likeness (QED) is 0.573. The van der Waals surface area contributed by atoms with Crippen molar-refractivity contribution < 1.29 is 4.42 Å². The van der Waals surface area contributed by atoms with Crippen molar-refractivity contribution in [1.29, 1.82) is 0 Å². The SMILES string of the molecule is CC(C)c1cccc2nc(-c3cccnc3-n3ccnc3)oc(=O)c12. The number of hydrogen-bond donors (Lipinski definition) is 0. The Kier molecular flexibility index (Phi) is 3.65. The summed E-state index contributed by atoms with van der Waals surface area (Å²) >= 11 is 0. The average Bonchev–Trinajstić information content (AvgIpc) is 3.15. The van der Waals surface area contributed by atoms with Crippen LogP contribution < -0.4 is 5.63 Å². The average molecular weight is 332 g/mol. The van der Waals surface area contributed by atoms with Crippen LogP contribution in [0.25, 0.3) is 28.2 Å². The van der Waals surface area contributed by atoms with Crippen molar-refractivity contribution in [3.63, 3.8) is 0 Å². The summed E-state index contributed by atoms with van der Waals surface area (Å²) in [7, 11) is 0. The number of benzene rings is 1. The molecule has 4 rings (SSSR count). The van der Waals surface area contributed by atoms with Gasteiger partial charge in [-0.15, -0.1) is 0 Å². The van der Waals surface area contributed by atoms with Crippen LogP contribution in [0.3, 0.4) is 0 Å². The Bertz CT molecular complexity index is 1100. The first-order valence-electron chi connectivity index (χ1n) is 8.02. The van der Waals surface area contributed by atoms with Crippen LogP contribution in [0.5, 0.6) is 0 Å². The highest BCUT2D eigenvalue weighted by Gasteiger charge is 2.16. The Morgan fingerprint density at radius 1 is 1.12 bits per heavy atom. The van der Waals surface area contributed by atoms with Crippen molar-refractivity contribution >= 4 is 10.9 Å². The van der Waals surface area contributed by atoms with E-state index in [1.165, 1.54) is 0 Å². The number of pyridine rings is 1. The molecule has 3 aromatic heterocycles. The molecule has 0 aliphatic carbocycles. The Morgan fingerprint density at radius 3 is 2.76 bits per heavy atom. The summed E-state index contributed by atoms with van der Waals surface area (Å²) in [6.07, 6.45) is 6.76. The largest absolute Gasteiger partial charge is 0.403 e. The molecular formula is C19H16N4O2. The van der Waals surface area contributed by atoms with E-state index in [1.54, 1.807) is 35.6 Å². The molecule has 0 unspecified atom stereocenters.